The second-order valence-corrected chi connectivity index (χ2v) is 12.3. The number of hydrogen-bond donors (Lipinski definition) is 1. The van der Waals surface area contributed by atoms with E-state index in [1.807, 2.05) is 4.90 Å². The number of aromatic nitrogens is 2. The number of hydrogen-bond acceptors (Lipinski definition) is 5. The molecule has 1 atom stereocenters. The maximum Gasteiger partial charge on any atom is 0.268 e. The van der Waals surface area contributed by atoms with Crippen LogP contribution in [0.3, 0.4) is 0 Å². The summed E-state index contributed by atoms with van der Waals surface area (Å²) in [5, 5.41) is 4.19. The number of carbonyl (C=O) groups excluding carboxylic acids is 1. The van der Waals surface area contributed by atoms with Gasteiger partial charge < -0.3 is 4.90 Å². The first kappa shape index (κ1) is 25.4. The largest absolute Gasteiger partial charge is 0.364 e. The highest BCUT2D eigenvalue weighted by molar-refractivity contribution is 7.91. The van der Waals surface area contributed by atoms with Crippen molar-refractivity contribution < 1.29 is 26.4 Å². The average Bonchev–Trinajstić information content (AvgIpc) is 3.34. The van der Waals surface area contributed by atoms with E-state index in [9.17, 15) is 26.4 Å². The van der Waals surface area contributed by atoms with Crippen molar-refractivity contribution in [3.8, 4) is 0 Å². The van der Waals surface area contributed by atoms with Crippen LogP contribution in [0.1, 0.15) is 53.2 Å². The van der Waals surface area contributed by atoms with Gasteiger partial charge in [-0.2, -0.15) is 5.10 Å². The van der Waals surface area contributed by atoms with E-state index in [2.05, 4.69) is 9.82 Å². The Morgan fingerprint density at radius 2 is 1.77 bits per heavy atom. The predicted octanol–water partition coefficient (Wildman–Crippen LogP) is 4.93. The minimum Gasteiger partial charge on any atom is -0.364 e. The van der Waals surface area contributed by atoms with Crippen molar-refractivity contribution in [3.63, 3.8) is 0 Å². The predicted molar refractivity (Wildman–Crippen MR) is 139 cm³/mol. The smallest absolute Gasteiger partial charge is 0.268 e. The highest BCUT2D eigenvalue weighted by atomic mass is 32.2. The number of anilines is 1. The number of halogens is 3. The summed E-state index contributed by atoms with van der Waals surface area (Å²) in [5.74, 6) is -2.22. The number of nitrogens with one attached hydrogen (secondary N) is 1. The summed E-state index contributed by atoms with van der Waals surface area (Å²) in [6, 6.07) is 12.1. The van der Waals surface area contributed by atoms with Gasteiger partial charge in [-0.3, -0.25) is 4.79 Å². The lowest BCUT2D eigenvalue weighted by molar-refractivity contribution is 0.0982. The van der Waals surface area contributed by atoms with Crippen LogP contribution in [0.5, 0.6) is 0 Å². The van der Waals surface area contributed by atoms with Crippen molar-refractivity contribution in [2.24, 2.45) is 0 Å². The molecule has 39 heavy (non-hydrogen) atoms. The van der Waals surface area contributed by atoms with Gasteiger partial charge in [0, 0.05) is 24.0 Å². The van der Waals surface area contributed by atoms with Gasteiger partial charge in [-0.15, -0.1) is 0 Å². The maximum atomic E-state index is 14.6. The first-order chi connectivity index (χ1) is 18.7. The third kappa shape index (κ3) is 4.64. The molecular weight excluding hydrogens is 529 g/mol. The van der Waals surface area contributed by atoms with Crippen LogP contribution in [0.4, 0.5) is 18.9 Å². The van der Waals surface area contributed by atoms with E-state index in [1.54, 1.807) is 30.5 Å². The minimum absolute atomic E-state index is 0.0747. The standard InChI is InChI=1S/C28H25F3N4O3S/c29-19-5-3-18(4-6-19)16-28(10-11-28)39(37,38)33-27(36)23-17-32-35-13-9-21(15-26(23)35)34-12-1-2-25(34)22-14-20(30)7-8-24(22)31/h3-9,13-15,17,25H,1-2,10-12,16H2,(H,33,36)/t25-/m1/s1. The summed E-state index contributed by atoms with van der Waals surface area (Å²) in [6.45, 7) is 0.604. The molecule has 6 rings (SSSR count). The van der Waals surface area contributed by atoms with Crippen LogP contribution < -0.4 is 9.62 Å². The zero-order valence-corrected chi connectivity index (χ0v) is 21.6. The fourth-order valence-electron chi connectivity index (χ4n) is 5.43. The lowest BCUT2D eigenvalue weighted by Gasteiger charge is -2.27. The summed E-state index contributed by atoms with van der Waals surface area (Å²) in [4.78, 5) is 15.2. The second-order valence-electron chi connectivity index (χ2n) is 10.2. The zero-order valence-electron chi connectivity index (χ0n) is 20.8. The van der Waals surface area contributed by atoms with Gasteiger partial charge in [-0.1, -0.05) is 12.1 Å². The molecule has 11 heteroatoms. The van der Waals surface area contributed by atoms with Gasteiger partial charge in [0.15, 0.2) is 0 Å². The Balaban J connectivity index is 1.26. The summed E-state index contributed by atoms with van der Waals surface area (Å²) < 4.78 is 70.8. The van der Waals surface area contributed by atoms with Crippen molar-refractivity contribution in [1.29, 1.82) is 0 Å². The number of sulfonamides is 1. The molecule has 0 bridgehead atoms. The van der Waals surface area contributed by atoms with E-state index in [0.717, 1.165) is 18.6 Å². The number of carbonyl (C=O) groups is 1. The number of rotatable bonds is 7. The first-order valence-electron chi connectivity index (χ1n) is 12.7. The highest BCUT2D eigenvalue weighted by Gasteiger charge is 2.55. The lowest BCUT2D eigenvalue weighted by Crippen LogP contribution is -2.41. The number of benzene rings is 2. The molecule has 2 aromatic heterocycles. The molecule has 4 aromatic rings. The van der Waals surface area contributed by atoms with Crippen LogP contribution in [0, 0.1) is 17.5 Å². The number of pyridine rings is 1. The first-order valence-corrected chi connectivity index (χ1v) is 14.1. The van der Waals surface area contributed by atoms with Gasteiger partial charge in [-0.05, 0) is 80.1 Å². The van der Waals surface area contributed by atoms with E-state index in [4.69, 9.17) is 0 Å². The minimum atomic E-state index is -4.05. The Labute approximate surface area is 223 Å². The molecule has 202 valence electrons. The van der Waals surface area contributed by atoms with Crippen LogP contribution in [0.2, 0.25) is 0 Å². The normalized spacial score (nSPS) is 18.4. The quantitative estimate of drug-likeness (QED) is 0.350. The molecule has 2 fully saturated rings. The summed E-state index contributed by atoms with van der Waals surface area (Å²) in [7, 11) is -4.05. The maximum absolute atomic E-state index is 14.6. The van der Waals surface area contributed by atoms with Crippen LogP contribution in [-0.4, -0.2) is 35.2 Å². The van der Waals surface area contributed by atoms with Gasteiger partial charge in [0.2, 0.25) is 10.0 Å². The lowest BCUT2D eigenvalue weighted by atomic mass is 10.0. The van der Waals surface area contributed by atoms with Crippen LogP contribution in [-0.2, 0) is 16.4 Å². The topological polar surface area (TPSA) is 83.8 Å². The Kier molecular flexibility index (Phi) is 6.13. The molecule has 0 radical (unpaired) electrons. The Bertz CT molecular complexity index is 1680. The van der Waals surface area contributed by atoms with Gasteiger partial charge in [0.25, 0.3) is 5.91 Å². The highest BCUT2D eigenvalue weighted by Crippen LogP contribution is 2.46. The summed E-state index contributed by atoms with van der Waals surface area (Å²) >= 11 is 0. The van der Waals surface area contributed by atoms with Gasteiger partial charge in [0.05, 0.1) is 28.1 Å². The molecule has 7 nitrogen and oxygen atoms in total. The molecule has 0 unspecified atom stereocenters. The molecular formula is C28H25F3N4O3S. The van der Waals surface area contributed by atoms with E-state index in [-0.39, 0.29) is 23.6 Å². The van der Waals surface area contributed by atoms with Gasteiger partial charge >= 0.3 is 0 Å². The average molecular weight is 555 g/mol. The van der Waals surface area contributed by atoms with E-state index < -0.39 is 38.1 Å². The third-order valence-electron chi connectivity index (χ3n) is 7.70. The molecule has 2 aromatic carbocycles. The molecule has 1 saturated carbocycles. The van der Waals surface area contributed by atoms with Crippen LogP contribution in [0.25, 0.3) is 5.52 Å². The Morgan fingerprint density at radius 1 is 1.03 bits per heavy atom. The second kappa shape index (κ2) is 9.41. The molecule has 3 heterocycles. The number of amides is 1. The zero-order chi connectivity index (χ0) is 27.4. The number of fused-ring (bicyclic) bond motifs is 1. The fraction of sp³-hybridized carbons (Fsp3) is 0.286. The van der Waals surface area contributed by atoms with E-state index >= 15 is 0 Å². The van der Waals surface area contributed by atoms with Crippen LogP contribution >= 0.6 is 0 Å². The Morgan fingerprint density at radius 3 is 2.51 bits per heavy atom. The van der Waals surface area contributed by atoms with Crippen molar-refractivity contribution in [3.05, 3.63) is 101 Å². The van der Waals surface area contributed by atoms with Crippen molar-refractivity contribution in [1.82, 2.24) is 14.3 Å². The van der Waals surface area contributed by atoms with Gasteiger partial charge in [0.1, 0.15) is 17.5 Å². The molecule has 0 spiro atoms. The SMILES string of the molecule is O=C(NS(=O)(=O)C1(Cc2ccc(F)cc2)CC1)c1cnn2ccc(N3CCC[C@@H]3c3cc(F)ccc3F)cc12. The molecule has 1 N–H and O–H groups in total. The molecule has 1 amide bonds. The fourth-order valence-corrected chi connectivity index (χ4v) is 7.00. The van der Waals surface area contributed by atoms with E-state index in [1.165, 1.54) is 28.9 Å². The summed E-state index contributed by atoms with van der Waals surface area (Å²) in [6.07, 6.45) is 5.29. The Hall–Kier alpha value is -3.86. The molecule has 1 saturated heterocycles. The van der Waals surface area contributed by atoms with Crippen molar-refractivity contribution >= 4 is 27.1 Å². The van der Waals surface area contributed by atoms with E-state index in [0.29, 0.717) is 42.6 Å². The number of nitrogens with zero attached hydrogens (tertiary/aromatic N) is 3. The molecule has 1 aliphatic heterocycles. The molecule has 2 aliphatic rings. The van der Waals surface area contributed by atoms with Crippen LogP contribution in [0.15, 0.2) is 67.0 Å². The monoisotopic (exact) mass is 554 g/mol. The van der Waals surface area contributed by atoms with Gasteiger partial charge in [-0.25, -0.2) is 30.8 Å². The molecule has 1 aliphatic carbocycles. The van der Waals surface area contributed by atoms with Crippen molar-refractivity contribution in [2.75, 3.05) is 11.4 Å². The summed E-state index contributed by atoms with van der Waals surface area (Å²) in [5.41, 5.74) is 2.07. The van der Waals surface area contributed by atoms with Crippen molar-refractivity contribution in [2.45, 2.75) is 42.9 Å². The third-order valence-corrected chi connectivity index (χ3v) is 9.84.